The van der Waals surface area contributed by atoms with Gasteiger partial charge in [-0.25, -0.2) is 0 Å². The monoisotopic (exact) mass is 452 g/mol. The van der Waals surface area contributed by atoms with Gasteiger partial charge in [0.1, 0.15) is 5.75 Å². The molecule has 2 aromatic carbocycles. The number of carboxylic acids is 1. The highest BCUT2D eigenvalue weighted by Gasteiger charge is 2.42. The summed E-state index contributed by atoms with van der Waals surface area (Å²) in [6, 6.07) is 11.0. The Bertz CT molecular complexity index is 971. The number of hydrogen-bond acceptors (Lipinski definition) is 2. The smallest absolute Gasteiger partial charge is 0.416 e. The van der Waals surface area contributed by atoms with Crippen molar-refractivity contribution in [3.8, 4) is 5.75 Å². The molecule has 4 rings (SSSR count). The van der Waals surface area contributed by atoms with Crippen LogP contribution in [0.2, 0.25) is 5.02 Å². The molecule has 0 amide bonds. The predicted octanol–water partition coefficient (Wildman–Crippen LogP) is 6.76. The molecule has 2 aliphatic rings. The summed E-state index contributed by atoms with van der Waals surface area (Å²) in [5, 5.41) is 9.81. The first-order chi connectivity index (χ1) is 14.6. The number of ether oxygens (including phenoxy) is 1. The molecule has 0 heterocycles. The van der Waals surface area contributed by atoms with Crippen molar-refractivity contribution in [2.45, 2.75) is 44.2 Å². The maximum absolute atomic E-state index is 13.0. The van der Waals surface area contributed by atoms with Crippen LogP contribution in [-0.2, 0) is 11.0 Å². The third kappa shape index (κ3) is 5.00. The number of carbonyl (C=O) groups is 1. The zero-order chi connectivity index (χ0) is 22.3. The first-order valence-corrected chi connectivity index (χ1v) is 10.8. The molecule has 2 aromatic rings. The average Bonchev–Trinajstić information content (AvgIpc) is 3.62. The van der Waals surface area contributed by atoms with Crippen LogP contribution in [0.15, 0.2) is 42.5 Å². The van der Waals surface area contributed by atoms with Crippen LogP contribution in [-0.4, -0.2) is 17.7 Å². The molecular formula is C24H24ClF3O3. The van der Waals surface area contributed by atoms with Gasteiger partial charge in [-0.2, -0.15) is 13.2 Å². The van der Waals surface area contributed by atoms with Gasteiger partial charge < -0.3 is 9.84 Å². The van der Waals surface area contributed by atoms with Gasteiger partial charge in [0.05, 0.1) is 18.1 Å². The fraction of sp³-hybridized carbons (Fsp3) is 0.458. The number of aliphatic carboxylic acids is 1. The Balaban J connectivity index is 1.41. The van der Waals surface area contributed by atoms with Crippen molar-refractivity contribution in [2.24, 2.45) is 17.8 Å². The Labute approximate surface area is 184 Å². The topological polar surface area (TPSA) is 46.5 Å². The van der Waals surface area contributed by atoms with Gasteiger partial charge in [-0.05, 0) is 78.5 Å². The molecule has 1 unspecified atom stereocenters. The van der Waals surface area contributed by atoms with E-state index in [9.17, 15) is 23.1 Å². The minimum atomic E-state index is -4.40. The van der Waals surface area contributed by atoms with E-state index in [0.717, 1.165) is 37.0 Å². The fourth-order valence-corrected chi connectivity index (χ4v) is 4.67. The van der Waals surface area contributed by atoms with Crippen molar-refractivity contribution in [1.29, 1.82) is 0 Å². The number of hydrogen-bond donors (Lipinski definition) is 1. The molecule has 3 nitrogen and oxygen atoms in total. The standard InChI is InChI=1S/C24H24ClF3O3/c1-13(23(29)30)22(14-5-6-14)15-3-2-4-18(9-15)31-12-16-10-19(16)20-11-17(24(26,27)28)7-8-21(20)25/h2-4,7-9,11,13-14,16,19,22H,5-6,10,12H2,1H3,(H,29,30)/t13-,16+,19-,22?/m0/s1. The van der Waals surface area contributed by atoms with Gasteiger partial charge in [0.15, 0.2) is 0 Å². The normalized spacial score (nSPS) is 22.6. The maximum atomic E-state index is 13.0. The molecule has 166 valence electrons. The number of carboxylic acid groups (broad SMARTS) is 1. The Morgan fingerprint density at radius 2 is 1.97 bits per heavy atom. The number of halogens is 4. The maximum Gasteiger partial charge on any atom is 0.416 e. The Morgan fingerprint density at radius 1 is 1.23 bits per heavy atom. The molecule has 2 aliphatic carbocycles. The highest BCUT2D eigenvalue weighted by molar-refractivity contribution is 6.31. The second-order valence-corrected chi connectivity index (χ2v) is 9.12. The molecule has 0 radical (unpaired) electrons. The second-order valence-electron chi connectivity index (χ2n) is 8.71. The Kier molecular flexibility index (Phi) is 5.95. The fourth-order valence-electron chi connectivity index (χ4n) is 4.41. The first-order valence-electron chi connectivity index (χ1n) is 10.5. The van der Waals surface area contributed by atoms with E-state index < -0.39 is 23.6 Å². The van der Waals surface area contributed by atoms with Crippen molar-refractivity contribution in [3.63, 3.8) is 0 Å². The van der Waals surface area contributed by atoms with Gasteiger partial charge >= 0.3 is 12.1 Å². The van der Waals surface area contributed by atoms with Gasteiger partial charge in [-0.3, -0.25) is 4.79 Å². The molecule has 2 fully saturated rings. The van der Waals surface area contributed by atoms with Crippen LogP contribution in [0.4, 0.5) is 13.2 Å². The van der Waals surface area contributed by atoms with Gasteiger partial charge in [0.2, 0.25) is 0 Å². The Hall–Kier alpha value is -2.21. The summed E-state index contributed by atoms with van der Waals surface area (Å²) in [6.07, 6.45) is -1.60. The summed E-state index contributed by atoms with van der Waals surface area (Å²) in [5.41, 5.74) is 0.788. The largest absolute Gasteiger partial charge is 0.493 e. The van der Waals surface area contributed by atoms with Crippen molar-refractivity contribution in [1.82, 2.24) is 0 Å². The summed E-state index contributed by atoms with van der Waals surface area (Å²) in [5.74, 6) is -0.232. The molecule has 0 aliphatic heterocycles. The highest BCUT2D eigenvalue weighted by Crippen LogP contribution is 2.51. The second kappa shape index (κ2) is 8.38. The SMILES string of the molecule is C[C@H](C(=O)O)C(c1cccc(OC[C@H]2C[C@@H]2c2cc(C(F)(F)F)ccc2Cl)c1)C1CC1. The number of benzene rings is 2. The van der Waals surface area contributed by atoms with Crippen LogP contribution in [0.5, 0.6) is 5.75 Å². The quantitative estimate of drug-likeness (QED) is 0.481. The van der Waals surface area contributed by atoms with Crippen molar-refractivity contribution < 1.29 is 27.8 Å². The van der Waals surface area contributed by atoms with Crippen LogP contribution >= 0.6 is 11.6 Å². The summed E-state index contributed by atoms with van der Waals surface area (Å²) < 4.78 is 45.0. The number of rotatable bonds is 8. The first kappa shape index (κ1) is 22.0. The van der Waals surface area contributed by atoms with E-state index in [1.807, 2.05) is 24.3 Å². The molecular weight excluding hydrogens is 429 g/mol. The third-order valence-corrected chi connectivity index (χ3v) is 6.75. The van der Waals surface area contributed by atoms with Crippen LogP contribution in [0, 0.1) is 17.8 Å². The minimum Gasteiger partial charge on any atom is -0.493 e. The van der Waals surface area contributed by atoms with E-state index in [1.165, 1.54) is 6.07 Å². The van der Waals surface area contributed by atoms with Crippen molar-refractivity contribution >= 4 is 17.6 Å². The lowest BCUT2D eigenvalue weighted by molar-refractivity contribution is -0.142. The lowest BCUT2D eigenvalue weighted by Gasteiger charge is -2.21. The van der Waals surface area contributed by atoms with Gasteiger partial charge in [-0.1, -0.05) is 30.7 Å². The van der Waals surface area contributed by atoms with Crippen molar-refractivity contribution in [3.05, 3.63) is 64.2 Å². The van der Waals surface area contributed by atoms with E-state index in [2.05, 4.69) is 0 Å². The minimum absolute atomic E-state index is 0.0429. The number of alkyl halides is 3. The van der Waals surface area contributed by atoms with E-state index in [1.54, 1.807) is 6.92 Å². The summed E-state index contributed by atoms with van der Waals surface area (Å²) >= 11 is 6.15. The van der Waals surface area contributed by atoms with Crippen LogP contribution < -0.4 is 4.74 Å². The van der Waals surface area contributed by atoms with Gasteiger partial charge in [-0.15, -0.1) is 0 Å². The summed E-state index contributed by atoms with van der Waals surface area (Å²) in [7, 11) is 0. The van der Waals surface area contributed by atoms with Crippen LogP contribution in [0.3, 0.4) is 0 Å². The van der Waals surface area contributed by atoms with E-state index >= 15 is 0 Å². The molecule has 31 heavy (non-hydrogen) atoms. The van der Waals surface area contributed by atoms with Gasteiger partial charge in [0, 0.05) is 10.9 Å². The lowest BCUT2D eigenvalue weighted by Crippen LogP contribution is -2.20. The average molecular weight is 453 g/mol. The highest BCUT2D eigenvalue weighted by atomic mass is 35.5. The molecule has 0 aromatic heterocycles. The molecule has 7 heteroatoms. The van der Waals surface area contributed by atoms with E-state index in [0.29, 0.717) is 28.9 Å². The van der Waals surface area contributed by atoms with Crippen LogP contribution in [0.25, 0.3) is 0 Å². The lowest BCUT2D eigenvalue weighted by atomic mass is 9.83. The van der Waals surface area contributed by atoms with Crippen molar-refractivity contribution in [2.75, 3.05) is 6.61 Å². The zero-order valence-electron chi connectivity index (χ0n) is 17.0. The molecule has 2 saturated carbocycles. The Morgan fingerprint density at radius 3 is 2.61 bits per heavy atom. The molecule has 1 N–H and O–H groups in total. The summed E-state index contributed by atoms with van der Waals surface area (Å²) in [6.45, 7) is 2.12. The summed E-state index contributed by atoms with van der Waals surface area (Å²) in [4.78, 5) is 11.5. The molecule has 0 saturated heterocycles. The predicted molar refractivity (Wildman–Crippen MR) is 112 cm³/mol. The molecule has 4 atom stereocenters. The van der Waals surface area contributed by atoms with E-state index in [-0.39, 0.29) is 17.8 Å². The van der Waals surface area contributed by atoms with E-state index in [4.69, 9.17) is 16.3 Å². The van der Waals surface area contributed by atoms with Crippen LogP contribution in [0.1, 0.15) is 54.7 Å². The molecule has 0 spiro atoms. The zero-order valence-corrected chi connectivity index (χ0v) is 17.8. The third-order valence-electron chi connectivity index (χ3n) is 6.41. The molecule has 0 bridgehead atoms. The van der Waals surface area contributed by atoms with Gasteiger partial charge in [0.25, 0.3) is 0 Å².